The Balaban J connectivity index is 2.32. The second-order valence-corrected chi connectivity index (χ2v) is 33.4. The van der Waals surface area contributed by atoms with Gasteiger partial charge in [-0.2, -0.15) is 0 Å². The summed E-state index contributed by atoms with van der Waals surface area (Å²) in [6.45, 7) is 0. The molecular formula is HI3Si. The zero-order chi connectivity index (χ0) is 3.58. The topological polar surface area (TPSA) is 0 Å². The highest BCUT2D eigenvalue weighted by atomic mass is 127. The average molecular weight is 410 g/mol. The van der Waals surface area contributed by atoms with Gasteiger partial charge >= 0.3 is 0 Å². The standard InChI is InChI=1S/HI3Si/c1-4(2)3/h4H. The summed E-state index contributed by atoms with van der Waals surface area (Å²) >= 11 is 7.37. The van der Waals surface area contributed by atoms with Crippen LogP contribution in [0.2, 0.25) is 0 Å². The molecule has 0 aromatic rings. The Bertz CT molecular complexity index is 8.00. The highest BCUT2D eigenvalue weighted by molar-refractivity contribution is 14.4. The third kappa shape index (κ3) is 8.83. The number of hydrogen-bond acceptors (Lipinski definition) is 0. The van der Waals surface area contributed by atoms with Gasteiger partial charge in [0.25, 0.3) is 0 Å². The van der Waals surface area contributed by atoms with Crippen LogP contribution in [-0.2, 0) is 0 Å². The van der Waals surface area contributed by atoms with Crippen molar-refractivity contribution in [2.75, 3.05) is 0 Å². The summed E-state index contributed by atoms with van der Waals surface area (Å²) < 4.78 is -0.229. The lowest BCUT2D eigenvalue weighted by Crippen LogP contribution is -1.59. The van der Waals surface area contributed by atoms with E-state index in [1.54, 1.807) is 0 Å². The van der Waals surface area contributed by atoms with Crippen LogP contribution in [0.5, 0.6) is 0 Å². The lowest BCUT2D eigenvalue weighted by molar-refractivity contribution is 5.41. The van der Waals surface area contributed by atoms with E-state index in [0.717, 1.165) is 0 Å². The maximum Gasteiger partial charge on any atom is 0.239 e. The Morgan fingerprint density at radius 1 is 1.00 bits per heavy atom. The summed E-state index contributed by atoms with van der Waals surface area (Å²) in [6.07, 6.45) is 0. The Kier molecular flexibility index (Phi) is 5.75. The molecule has 0 bridgehead atoms. The van der Waals surface area contributed by atoms with Crippen molar-refractivity contribution in [1.29, 1.82) is 0 Å². The molecule has 0 atom stereocenters. The number of rotatable bonds is 0. The molecule has 26 valence electrons. The van der Waals surface area contributed by atoms with Crippen molar-refractivity contribution in [3.05, 3.63) is 0 Å². The molecule has 0 aliphatic carbocycles. The van der Waals surface area contributed by atoms with Crippen LogP contribution in [0.25, 0.3) is 0 Å². The normalized spacial score (nSPS) is 9.00. The molecule has 0 rings (SSSR count). The van der Waals surface area contributed by atoms with Crippen molar-refractivity contribution in [2.24, 2.45) is 0 Å². The number of halogens is 3. The largest absolute Gasteiger partial charge is 0.239 e. The van der Waals surface area contributed by atoms with Crippen molar-refractivity contribution < 1.29 is 0 Å². The van der Waals surface area contributed by atoms with Gasteiger partial charge in [0.15, 0.2) is 0 Å². The number of hydrogen-bond donors (Lipinski definition) is 0. The molecule has 0 fully saturated rings. The Morgan fingerprint density at radius 3 is 1.00 bits per heavy atom. The minimum absolute atomic E-state index is 0.229. The fourth-order valence-corrected chi connectivity index (χ4v) is 0. The molecule has 0 amide bonds. The SMILES string of the molecule is I[SiH](I)I. The summed E-state index contributed by atoms with van der Waals surface area (Å²) in [4.78, 5) is 0. The Morgan fingerprint density at radius 2 is 1.00 bits per heavy atom. The fraction of sp³-hybridized carbons (Fsp3) is 0. The van der Waals surface area contributed by atoms with E-state index < -0.39 is 0 Å². The smallest absolute Gasteiger partial charge is 0.0953 e. The van der Waals surface area contributed by atoms with E-state index in [4.69, 9.17) is 0 Å². The maximum atomic E-state index is 2.46. The van der Waals surface area contributed by atoms with Gasteiger partial charge in [0.1, 0.15) is 0 Å². The van der Waals surface area contributed by atoms with Gasteiger partial charge in [-0.1, -0.05) is 65.4 Å². The van der Waals surface area contributed by atoms with E-state index in [-0.39, 0.29) is 1.29 Å². The van der Waals surface area contributed by atoms with Crippen LogP contribution < -0.4 is 0 Å². The summed E-state index contributed by atoms with van der Waals surface area (Å²) in [7, 11) is 0. The Labute approximate surface area is 65.4 Å². The van der Waals surface area contributed by atoms with Crippen LogP contribution in [0.15, 0.2) is 0 Å². The van der Waals surface area contributed by atoms with Crippen LogP contribution in [0.3, 0.4) is 0 Å². The first-order valence-electron chi connectivity index (χ1n) is 0.655. The summed E-state index contributed by atoms with van der Waals surface area (Å²) in [5, 5.41) is 0. The summed E-state index contributed by atoms with van der Waals surface area (Å²) in [5.74, 6) is 0. The molecule has 0 N–H and O–H groups in total. The van der Waals surface area contributed by atoms with Crippen LogP contribution in [0.4, 0.5) is 0 Å². The first-order valence-corrected chi connectivity index (χ1v) is 13.2. The third-order valence-corrected chi connectivity index (χ3v) is 0. The van der Waals surface area contributed by atoms with Crippen molar-refractivity contribution in [3.8, 4) is 0 Å². The minimum atomic E-state index is -0.229. The van der Waals surface area contributed by atoms with Gasteiger partial charge in [0, 0.05) is 0 Å². The predicted octanol–water partition coefficient (Wildman–Crippen LogP) is 2.01. The second kappa shape index (κ2) is 3.59. The molecule has 4 heavy (non-hydrogen) atoms. The van der Waals surface area contributed by atoms with Crippen molar-refractivity contribution in [3.63, 3.8) is 0 Å². The zero-order valence-electron chi connectivity index (χ0n) is 1.71. The predicted molar refractivity (Wildman–Crippen MR) is 49.2 cm³/mol. The van der Waals surface area contributed by atoms with Crippen molar-refractivity contribution in [1.82, 2.24) is 0 Å². The first-order chi connectivity index (χ1) is 1.73. The average Bonchev–Trinajstić information content (AvgIpc) is 0.811. The minimum Gasteiger partial charge on any atom is -0.0953 e. The second-order valence-electron chi connectivity index (χ2n) is 0.247. The van der Waals surface area contributed by atoms with Gasteiger partial charge in [-0.25, -0.2) is 0 Å². The van der Waals surface area contributed by atoms with Gasteiger partial charge < -0.3 is 0 Å². The highest BCUT2D eigenvalue weighted by Crippen LogP contribution is 2.10. The monoisotopic (exact) mass is 410 g/mol. The van der Waals surface area contributed by atoms with Crippen LogP contribution >= 0.6 is 65.4 Å². The van der Waals surface area contributed by atoms with E-state index in [1.807, 2.05) is 0 Å². The van der Waals surface area contributed by atoms with Crippen molar-refractivity contribution >= 4 is 66.7 Å². The van der Waals surface area contributed by atoms with E-state index in [0.29, 0.717) is 0 Å². The third-order valence-electron chi connectivity index (χ3n) is 0. The molecule has 4 heteroatoms. The highest BCUT2D eigenvalue weighted by Gasteiger charge is 1.81. The molecule has 0 saturated carbocycles. The fourth-order valence-electron chi connectivity index (χ4n) is 0. The van der Waals surface area contributed by atoms with Crippen molar-refractivity contribution in [2.45, 2.75) is 0 Å². The van der Waals surface area contributed by atoms with Gasteiger partial charge in [-0.05, 0) is 0 Å². The molecule has 0 nitrogen and oxygen atoms in total. The van der Waals surface area contributed by atoms with Gasteiger partial charge in [0.05, 0.1) is 0 Å². The molecular weight excluding hydrogens is 409 g/mol. The van der Waals surface area contributed by atoms with Gasteiger partial charge in [-0.15, -0.1) is 0 Å². The molecule has 0 aliphatic heterocycles. The molecule has 0 aromatic carbocycles. The molecule has 0 radical (unpaired) electrons. The first kappa shape index (κ1) is 6.41. The maximum absolute atomic E-state index is 2.46. The lowest BCUT2D eigenvalue weighted by Gasteiger charge is -1.67. The van der Waals surface area contributed by atoms with Gasteiger partial charge in [0.2, 0.25) is 1.29 Å². The van der Waals surface area contributed by atoms with Gasteiger partial charge in [-0.3, -0.25) is 0 Å². The summed E-state index contributed by atoms with van der Waals surface area (Å²) in [6, 6.07) is 0. The molecule has 0 spiro atoms. The summed E-state index contributed by atoms with van der Waals surface area (Å²) in [5.41, 5.74) is 0. The molecule has 0 unspecified atom stereocenters. The molecule has 0 saturated heterocycles. The van der Waals surface area contributed by atoms with Crippen LogP contribution in [-0.4, -0.2) is 1.29 Å². The van der Waals surface area contributed by atoms with E-state index >= 15 is 0 Å². The molecule has 0 heterocycles. The van der Waals surface area contributed by atoms with Crippen LogP contribution in [0, 0.1) is 0 Å². The quantitative estimate of drug-likeness (QED) is 0.326. The van der Waals surface area contributed by atoms with E-state index in [9.17, 15) is 0 Å². The Hall–Kier alpha value is 2.41. The van der Waals surface area contributed by atoms with E-state index in [2.05, 4.69) is 65.4 Å². The lowest BCUT2D eigenvalue weighted by atomic mass is 28.1. The molecule has 0 aliphatic rings. The molecule has 0 aromatic heterocycles. The van der Waals surface area contributed by atoms with Crippen LogP contribution in [0.1, 0.15) is 0 Å². The zero-order valence-corrected chi connectivity index (χ0v) is 9.34. The van der Waals surface area contributed by atoms with E-state index in [1.165, 1.54) is 0 Å².